The lowest BCUT2D eigenvalue weighted by Gasteiger charge is -2.19. The second-order valence-electron chi connectivity index (χ2n) is 4.62. The molecule has 0 bridgehead atoms. The third-order valence-electron chi connectivity index (χ3n) is 3.11. The van der Waals surface area contributed by atoms with Crippen molar-refractivity contribution in [1.29, 1.82) is 0 Å². The summed E-state index contributed by atoms with van der Waals surface area (Å²) < 4.78 is 25.4. The average Bonchev–Trinajstić information content (AvgIpc) is 2.37. The number of amides is 1. The second kappa shape index (κ2) is 5.71. The van der Waals surface area contributed by atoms with E-state index in [1.54, 1.807) is 19.1 Å². The van der Waals surface area contributed by atoms with Crippen LogP contribution >= 0.6 is 0 Å². The van der Waals surface area contributed by atoms with E-state index < -0.39 is 15.9 Å². The van der Waals surface area contributed by atoms with Crippen LogP contribution in [0.5, 0.6) is 0 Å². The maximum absolute atomic E-state index is 12.1. The molecule has 0 atom stereocenters. The van der Waals surface area contributed by atoms with Gasteiger partial charge in [0, 0.05) is 12.1 Å². The van der Waals surface area contributed by atoms with E-state index in [0.717, 1.165) is 30.6 Å². The summed E-state index contributed by atoms with van der Waals surface area (Å²) in [4.78, 5) is 12.1. The van der Waals surface area contributed by atoms with Crippen LogP contribution in [0.3, 0.4) is 0 Å². The van der Waals surface area contributed by atoms with Gasteiger partial charge in [0.1, 0.15) is 0 Å². The molecule has 1 heterocycles. The number of nitrogens with one attached hydrogen (secondary N) is 2. The molecule has 0 fully saturated rings. The molecule has 0 spiro atoms. The molecule has 1 aliphatic heterocycles. The highest BCUT2D eigenvalue weighted by Crippen LogP contribution is 2.18. The van der Waals surface area contributed by atoms with Crippen molar-refractivity contribution in [1.82, 2.24) is 10.0 Å². The van der Waals surface area contributed by atoms with E-state index in [4.69, 9.17) is 0 Å². The van der Waals surface area contributed by atoms with Crippen molar-refractivity contribution in [2.24, 2.45) is 0 Å². The topological polar surface area (TPSA) is 75.3 Å². The Balaban J connectivity index is 2.25. The fourth-order valence-corrected chi connectivity index (χ4v) is 3.29. The Morgan fingerprint density at radius 1 is 1.42 bits per heavy atom. The van der Waals surface area contributed by atoms with E-state index in [9.17, 15) is 13.2 Å². The van der Waals surface area contributed by atoms with Gasteiger partial charge in [-0.15, -0.1) is 0 Å². The zero-order chi connectivity index (χ0) is 13.9. The molecule has 0 saturated carbocycles. The van der Waals surface area contributed by atoms with Gasteiger partial charge in [-0.2, -0.15) is 0 Å². The standard InChI is InChI=1S/C13H18N2O3S/c1-2-8-19(17,18)15-13(16)12-5-3-4-10-9-14-7-6-11(10)12/h3-5,14H,2,6-9H2,1H3,(H,15,16). The third kappa shape index (κ3) is 3.33. The molecule has 1 amide bonds. The van der Waals surface area contributed by atoms with Crippen LogP contribution in [0.1, 0.15) is 34.8 Å². The van der Waals surface area contributed by atoms with Crippen LogP contribution in [0.2, 0.25) is 0 Å². The Kier molecular flexibility index (Phi) is 4.21. The minimum absolute atomic E-state index is 0.0324. The van der Waals surface area contributed by atoms with Gasteiger partial charge < -0.3 is 5.32 Å². The van der Waals surface area contributed by atoms with Gasteiger partial charge in [0.25, 0.3) is 5.91 Å². The van der Waals surface area contributed by atoms with Crippen molar-refractivity contribution in [2.75, 3.05) is 12.3 Å². The average molecular weight is 282 g/mol. The zero-order valence-electron chi connectivity index (χ0n) is 10.9. The molecular weight excluding hydrogens is 264 g/mol. The Morgan fingerprint density at radius 2 is 2.21 bits per heavy atom. The van der Waals surface area contributed by atoms with E-state index in [2.05, 4.69) is 10.0 Å². The van der Waals surface area contributed by atoms with E-state index in [-0.39, 0.29) is 5.75 Å². The van der Waals surface area contributed by atoms with Gasteiger partial charge in [0.05, 0.1) is 5.75 Å². The fraction of sp³-hybridized carbons (Fsp3) is 0.462. The second-order valence-corrected chi connectivity index (χ2v) is 6.46. The number of hydrogen-bond donors (Lipinski definition) is 2. The van der Waals surface area contributed by atoms with Crippen LogP contribution in [0, 0.1) is 0 Å². The molecule has 2 rings (SSSR count). The first kappa shape index (κ1) is 14.0. The summed E-state index contributed by atoms with van der Waals surface area (Å²) in [5, 5.41) is 3.23. The Hall–Kier alpha value is -1.40. The van der Waals surface area contributed by atoms with Gasteiger partial charge in [-0.05, 0) is 36.6 Å². The van der Waals surface area contributed by atoms with Gasteiger partial charge in [-0.25, -0.2) is 13.1 Å². The van der Waals surface area contributed by atoms with Gasteiger partial charge in [0.15, 0.2) is 0 Å². The summed E-state index contributed by atoms with van der Waals surface area (Å²) in [6, 6.07) is 5.42. The van der Waals surface area contributed by atoms with Crippen LogP contribution < -0.4 is 10.0 Å². The third-order valence-corrected chi connectivity index (χ3v) is 4.55. The highest BCUT2D eigenvalue weighted by atomic mass is 32.2. The Bertz CT molecular complexity index is 582. The molecule has 19 heavy (non-hydrogen) atoms. The van der Waals surface area contributed by atoms with Gasteiger partial charge in [0.2, 0.25) is 10.0 Å². The van der Waals surface area contributed by atoms with Crippen LogP contribution in [0.4, 0.5) is 0 Å². The number of sulfonamides is 1. The van der Waals surface area contributed by atoms with Crippen molar-refractivity contribution >= 4 is 15.9 Å². The summed E-state index contributed by atoms with van der Waals surface area (Å²) in [7, 11) is -3.52. The Labute approximate surface area is 113 Å². The normalized spacial score (nSPS) is 14.8. The minimum atomic E-state index is -3.52. The summed E-state index contributed by atoms with van der Waals surface area (Å²) >= 11 is 0. The summed E-state index contributed by atoms with van der Waals surface area (Å²) in [6.45, 7) is 3.29. The molecule has 104 valence electrons. The van der Waals surface area contributed by atoms with Crippen LogP contribution in [-0.4, -0.2) is 26.6 Å². The van der Waals surface area contributed by atoms with E-state index in [1.807, 2.05) is 6.07 Å². The smallest absolute Gasteiger partial charge is 0.265 e. The molecule has 0 radical (unpaired) electrons. The van der Waals surface area contributed by atoms with Gasteiger partial charge >= 0.3 is 0 Å². The van der Waals surface area contributed by atoms with E-state index in [0.29, 0.717) is 12.0 Å². The first-order valence-corrected chi connectivity index (χ1v) is 8.05. The number of fused-ring (bicyclic) bond motifs is 1. The van der Waals surface area contributed by atoms with Crippen LogP contribution in [-0.2, 0) is 23.0 Å². The molecular formula is C13H18N2O3S. The number of carbonyl (C=O) groups excluding carboxylic acids is 1. The van der Waals surface area contributed by atoms with Crippen molar-refractivity contribution in [2.45, 2.75) is 26.3 Å². The lowest BCUT2D eigenvalue weighted by atomic mass is 9.95. The van der Waals surface area contributed by atoms with E-state index in [1.165, 1.54) is 0 Å². The molecule has 0 aliphatic carbocycles. The lowest BCUT2D eigenvalue weighted by Crippen LogP contribution is -2.34. The monoisotopic (exact) mass is 282 g/mol. The summed E-state index contributed by atoms with van der Waals surface area (Å²) in [6.07, 6.45) is 1.23. The predicted molar refractivity (Wildman–Crippen MR) is 73.4 cm³/mol. The van der Waals surface area contributed by atoms with Crippen LogP contribution in [0.25, 0.3) is 0 Å². The van der Waals surface area contributed by atoms with Gasteiger partial charge in [-0.3, -0.25) is 4.79 Å². The highest BCUT2D eigenvalue weighted by molar-refractivity contribution is 7.90. The largest absolute Gasteiger partial charge is 0.312 e. The number of carbonyl (C=O) groups is 1. The molecule has 6 heteroatoms. The predicted octanol–water partition coefficient (Wildman–Crippen LogP) is 0.802. The number of benzene rings is 1. The first-order valence-electron chi connectivity index (χ1n) is 6.40. The molecule has 5 nitrogen and oxygen atoms in total. The first-order chi connectivity index (χ1) is 9.03. The molecule has 1 aromatic rings. The van der Waals surface area contributed by atoms with Crippen molar-refractivity contribution in [3.8, 4) is 0 Å². The maximum Gasteiger partial charge on any atom is 0.265 e. The number of rotatable bonds is 4. The molecule has 1 aromatic carbocycles. The maximum atomic E-state index is 12.1. The summed E-state index contributed by atoms with van der Waals surface area (Å²) in [5.41, 5.74) is 2.48. The van der Waals surface area contributed by atoms with E-state index >= 15 is 0 Å². The van der Waals surface area contributed by atoms with Crippen molar-refractivity contribution < 1.29 is 13.2 Å². The molecule has 0 aromatic heterocycles. The van der Waals surface area contributed by atoms with Gasteiger partial charge in [-0.1, -0.05) is 19.1 Å². The Morgan fingerprint density at radius 3 is 2.95 bits per heavy atom. The van der Waals surface area contributed by atoms with Crippen molar-refractivity contribution in [3.05, 3.63) is 34.9 Å². The zero-order valence-corrected chi connectivity index (χ0v) is 11.7. The van der Waals surface area contributed by atoms with Crippen LogP contribution in [0.15, 0.2) is 18.2 Å². The van der Waals surface area contributed by atoms with Crippen molar-refractivity contribution in [3.63, 3.8) is 0 Å². The molecule has 2 N–H and O–H groups in total. The highest BCUT2D eigenvalue weighted by Gasteiger charge is 2.20. The minimum Gasteiger partial charge on any atom is -0.312 e. The quantitative estimate of drug-likeness (QED) is 0.856. The SMILES string of the molecule is CCCS(=O)(=O)NC(=O)c1cccc2c1CCNC2. The summed E-state index contributed by atoms with van der Waals surface area (Å²) in [5.74, 6) is -0.554. The molecule has 0 unspecified atom stereocenters. The molecule has 1 aliphatic rings. The molecule has 0 saturated heterocycles. The lowest BCUT2D eigenvalue weighted by molar-refractivity contribution is 0.0980. The fourth-order valence-electron chi connectivity index (χ4n) is 2.26. The number of hydrogen-bond acceptors (Lipinski definition) is 4.